The lowest BCUT2D eigenvalue weighted by atomic mass is 10.2. The van der Waals surface area contributed by atoms with E-state index in [1.165, 1.54) is 24.5 Å². The van der Waals surface area contributed by atoms with Gasteiger partial charge < -0.3 is 0 Å². The molecule has 1 rings (SSSR count). The maximum absolute atomic E-state index is 8.16. The molecule has 0 amide bonds. The Morgan fingerprint density at radius 1 is 1.67 bits per heavy atom. The van der Waals surface area contributed by atoms with Crippen molar-refractivity contribution in [2.45, 2.75) is 19.3 Å². The van der Waals surface area contributed by atoms with Crippen LogP contribution in [0.4, 0.5) is 0 Å². The molecule has 0 aromatic heterocycles. The first-order valence-electron chi connectivity index (χ1n) is 3.18. The lowest BCUT2D eigenvalue weighted by molar-refractivity contribution is 0.916. The average Bonchev–Trinajstić information content (AvgIpc) is 2.34. The first-order chi connectivity index (χ1) is 4.43. The van der Waals surface area contributed by atoms with Gasteiger partial charge in [-0.15, -0.1) is 0 Å². The van der Waals surface area contributed by atoms with Gasteiger partial charge in [-0.05, 0) is 25.3 Å². The second kappa shape index (κ2) is 3.09. The highest BCUT2D eigenvalue weighted by Gasteiger charge is 1.98. The van der Waals surface area contributed by atoms with Crippen LogP contribution in [0.1, 0.15) is 19.3 Å². The summed E-state index contributed by atoms with van der Waals surface area (Å²) in [5.74, 6) is 0. The van der Waals surface area contributed by atoms with Crippen molar-refractivity contribution < 1.29 is 0 Å². The van der Waals surface area contributed by atoms with Crippen LogP contribution in [0.3, 0.4) is 0 Å². The van der Waals surface area contributed by atoms with E-state index in [0.717, 1.165) is 6.42 Å². The number of nitriles is 1. The molecule has 1 nitrogen and oxygen atoms in total. The first-order valence-corrected chi connectivity index (χ1v) is 3.18. The van der Waals surface area contributed by atoms with Gasteiger partial charge in [-0.25, -0.2) is 0 Å². The Balaban J connectivity index is 2.46. The SMILES string of the molecule is N#CC=CC1=CCCC1. The van der Waals surface area contributed by atoms with Gasteiger partial charge in [0.2, 0.25) is 0 Å². The number of nitrogens with zero attached hydrogens (tertiary/aromatic N) is 1. The summed E-state index contributed by atoms with van der Waals surface area (Å²) in [6.07, 6.45) is 9.21. The molecule has 0 saturated carbocycles. The van der Waals surface area contributed by atoms with E-state index in [0.29, 0.717) is 0 Å². The van der Waals surface area contributed by atoms with Gasteiger partial charge in [-0.2, -0.15) is 5.26 Å². The van der Waals surface area contributed by atoms with Gasteiger partial charge in [-0.3, -0.25) is 0 Å². The van der Waals surface area contributed by atoms with E-state index >= 15 is 0 Å². The molecule has 0 bridgehead atoms. The molecular weight excluding hydrogens is 110 g/mol. The quantitative estimate of drug-likeness (QED) is 0.485. The first kappa shape index (κ1) is 6.10. The second-order valence-electron chi connectivity index (χ2n) is 2.13. The zero-order chi connectivity index (χ0) is 6.53. The van der Waals surface area contributed by atoms with Crippen LogP contribution in [0.5, 0.6) is 0 Å². The molecular formula is C8H9N. The smallest absolute Gasteiger partial charge is 0.0912 e. The third kappa shape index (κ3) is 1.73. The minimum atomic E-state index is 1.15. The van der Waals surface area contributed by atoms with Gasteiger partial charge in [0, 0.05) is 6.08 Å². The molecule has 1 aliphatic rings. The van der Waals surface area contributed by atoms with Gasteiger partial charge in [-0.1, -0.05) is 11.6 Å². The summed E-state index contributed by atoms with van der Waals surface area (Å²) < 4.78 is 0. The largest absolute Gasteiger partial charge is 0.193 e. The molecule has 1 aliphatic carbocycles. The van der Waals surface area contributed by atoms with E-state index in [-0.39, 0.29) is 0 Å². The third-order valence-corrected chi connectivity index (χ3v) is 1.45. The van der Waals surface area contributed by atoms with Crippen LogP contribution in [0.2, 0.25) is 0 Å². The van der Waals surface area contributed by atoms with Gasteiger partial charge in [0.15, 0.2) is 0 Å². The van der Waals surface area contributed by atoms with Crippen molar-refractivity contribution in [3.63, 3.8) is 0 Å². The van der Waals surface area contributed by atoms with Crippen molar-refractivity contribution in [3.05, 3.63) is 23.8 Å². The van der Waals surface area contributed by atoms with Gasteiger partial charge in [0.1, 0.15) is 0 Å². The minimum Gasteiger partial charge on any atom is -0.193 e. The van der Waals surface area contributed by atoms with Crippen molar-refractivity contribution in [2.75, 3.05) is 0 Å². The van der Waals surface area contributed by atoms with Crippen molar-refractivity contribution in [1.82, 2.24) is 0 Å². The summed E-state index contributed by atoms with van der Waals surface area (Å²) in [4.78, 5) is 0. The molecule has 0 spiro atoms. The highest BCUT2D eigenvalue weighted by Crippen LogP contribution is 2.17. The summed E-state index contributed by atoms with van der Waals surface area (Å²) in [5.41, 5.74) is 1.32. The van der Waals surface area contributed by atoms with Crippen molar-refractivity contribution in [1.29, 1.82) is 5.26 Å². The molecule has 0 saturated heterocycles. The fourth-order valence-corrected chi connectivity index (χ4v) is 0.991. The Bertz CT molecular complexity index is 181. The fourth-order valence-electron chi connectivity index (χ4n) is 0.991. The summed E-state index contributed by atoms with van der Waals surface area (Å²) in [7, 11) is 0. The van der Waals surface area contributed by atoms with Gasteiger partial charge in [0.25, 0.3) is 0 Å². The number of hydrogen-bond acceptors (Lipinski definition) is 1. The van der Waals surface area contributed by atoms with Crippen LogP contribution >= 0.6 is 0 Å². The van der Waals surface area contributed by atoms with Crippen LogP contribution in [0.25, 0.3) is 0 Å². The average molecular weight is 119 g/mol. The van der Waals surface area contributed by atoms with Crippen LogP contribution in [-0.4, -0.2) is 0 Å². The minimum absolute atomic E-state index is 1.15. The molecule has 0 aliphatic heterocycles. The van der Waals surface area contributed by atoms with E-state index in [9.17, 15) is 0 Å². The standard InChI is InChI=1S/C8H9N/c9-7-3-6-8-4-1-2-5-8/h3-4,6H,1-2,5H2. The Hall–Kier alpha value is -1.03. The molecule has 9 heavy (non-hydrogen) atoms. The summed E-state index contributed by atoms with van der Waals surface area (Å²) in [6.45, 7) is 0. The molecule has 1 heteroatoms. The molecule has 0 fully saturated rings. The fraction of sp³-hybridized carbons (Fsp3) is 0.375. The Labute approximate surface area is 55.3 Å². The number of hydrogen-bond donors (Lipinski definition) is 0. The van der Waals surface area contributed by atoms with Crippen LogP contribution in [-0.2, 0) is 0 Å². The maximum atomic E-state index is 8.16. The maximum Gasteiger partial charge on any atom is 0.0912 e. The highest BCUT2D eigenvalue weighted by atomic mass is 14.2. The van der Waals surface area contributed by atoms with Crippen molar-refractivity contribution >= 4 is 0 Å². The van der Waals surface area contributed by atoms with Gasteiger partial charge in [0.05, 0.1) is 6.07 Å². The van der Waals surface area contributed by atoms with E-state index in [1.807, 2.05) is 12.1 Å². The van der Waals surface area contributed by atoms with E-state index in [2.05, 4.69) is 6.08 Å². The molecule has 0 unspecified atom stereocenters. The normalized spacial score (nSPS) is 17.9. The predicted molar refractivity (Wildman–Crippen MR) is 36.7 cm³/mol. The van der Waals surface area contributed by atoms with E-state index in [1.54, 1.807) is 0 Å². The molecule has 46 valence electrons. The molecule has 0 N–H and O–H groups in total. The van der Waals surface area contributed by atoms with E-state index in [4.69, 9.17) is 5.26 Å². The number of rotatable bonds is 1. The van der Waals surface area contributed by atoms with Crippen LogP contribution in [0, 0.1) is 11.3 Å². The van der Waals surface area contributed by atoms with E-state index < -0.39 is 0 Å². The topological polar surface area (TPSA) is 23.8 Å². The lowest BCUT2D eigenvalue weighted by Crippen LogP contribution is -1.66. The molecule has 0 heterocycles. The van der Waals surface area contributed by atoms with Crippen molar-refractivity contribution in [3.8, 4) is 6.07 Å². The van der Waals surface area contributed by atoms with Crippen LogP contribution < -0.4 is 0 Å². The predicted octanol–water partition coefficient (Wildman–Crippen LogP) is 2.18. The third-order valence-electron chi connectivity index (χ3n) is 1.45. The Kier molecular flexibility index (Phi) is 2.09. The van der Waals surface area contributed by atoms with Crippen LogP contribution in [0.15, 0.2) is 23.8 Å². The highest BCUT2D eigenvalue weighted by molar-refractivity contribution is 5.25. The molecule has 0 atom stereocenters. The van der Waals surface area contributed by atoms with Crippen molar-refractivity contribution in [2.24, 2.45) is 0 Å². The second-order valence-corrected chi connectivity index (χ2v) is 2.13. The monoisotopic (exact) mass is 119 g/mol. The molecule has 0 radical (unpaired) electrons. The van der Waals surface area contributed by atoms with Gasteiger partial charge >= 0.3 is 0 Å². The summed E-state index contributed by atoms with van der Waals surface area (Å²) in [6, 6.07) is 1.97. The zero-order valence-electron chi connectivity index (χ0n) is 5.30. The zero-order valence-corrected chi connectivity index (χ0v) is 5.30. The molecule has 0 aromatic rings. The lowest BCUT2D eigenvalue weighted by Gasteiger charge is -1.84. The number of allylic oxidation sites excluding steroid dienone is 4. The summed E-state index contributed by atoms with van der Waals surface area (Å²) in [5, 5.41) is 8.16. The Morgan fingerprint density at radius 2 is 2.56 bits per heavy atom. The Morgan fingerprint density at radius 3 is 3.11 bits per heavy atom. The molecule has 0 aromatic carbocycles. The summed E-state index contributed by atoms with van der Waals surface area (Å²) >= 11 is 0.